The van der Waals surface area contributed by atoms with Crippen LogP contribution in [0.4, 0.5) is 18.0 Å². The molecule has 0 aromatic carbocycles. The highest BCUT2D eigenvalue weighted by Crippen LogP contribution is 2.28. The quantitative estimate of drug-likeness (QED) is 0.634. The molecule has 0 aliphatic rings. The molecule has 25 heavy (non-hydrogen) atoms. The van der Waals surface area contributed by atoms with E-state index in [-0.39, 0.29) is 18.5 Å². The summed E-state index contributed by atoms with van der Waals surface area (Å²) < 4.78 is 43.1. The topological polar surface area (TPSA) is 112 Å². The molecule has 2 unspecified atom stereocenters. The van der Waals surface area contributed by atoms with Gasteiger partial charge in [-0.3, -0.25) is 4.79 Å². The number of aliphatic hydroxyl groups is 2. The van der Waals surface area contributed by atoms with Crippen LogP contribution in [0, 0.1) is 0 Å². The molecule has 0 fully saturated rings. The zero-order valence-electron chi connectivity index (χ0n) is 14.0. The van der Waals surface area contributed by atoms with Crippen LogP contribution in [0.2, 0.25) is 0 Å². The predicted molar refractivity (Wildman–Crippen MR) is 81.9 cm³/mol. The van der Waals surface area contributed by atoms with Gasteiger partial charge < -0.3 is 25.3 Å². The standard InChI is InChI=1S/C15H21F3N2O5/c1-14(2,3)25-13(24)19-5-4-10(21)11(22)8-6-9(15(16,17)18)12(23)20-7-8/h6-7,10-11,21-22H,4-5H2,1-3H3,(H,19,24)(H,20,23). The minimum Gasteiger partial charge on any atom is -0.444 e. The van der Waals surface area contributed by atoms with Crippen LogP contribution in [0.15, 0.2) is 17.1 Å². The summed E-state index contributed by atoms with van der Waals surface area (Å²) in [6.07, 6.45) is -7.97. The smallest absolute Gasteiger partial charge is 0.421 e. The van der Waals surface area contributed by atoms with E-state index in [2.05, 4.69) is 5.32 Å². The first kappa shape index (κ1) is 21.0. The molecular formula is C15H21F3N2O5. The second-order valence-corrected chi connectivity index (χ2v) is 6.40. The van der Waals surface area contributed by atoms with Gasteiger partial charge in [0, 0.05) is 12.7 Å². The third-order valence-corrected chi connectivity index (χ3v) is 3.05. The molecular weight excluding hydrogens is 345 g/mol. The van der Waals surface area contributed by atoms with E-state index >= 15 is 0 Å². The van der Waals surface area contributed by atoms with Crippen LogP contribution in [0.3, 0.4) is 0 Å². The highest BCUT2D eigenvalue weighted by Gasteiger charge is 2.35. The number of H-pyrrole nitrogens is 1. The lowest BCUT2D eigenvalue weighted by molar-refractivity contribution is -0.138. The number of alkyl halides is 3. The van der Waals surface area contributed by atoms with Crippen molar-refractivity contribution in [1.29, 1.82) is 0 Å². The van der Waals surface area contributed by atoms with E-state index in [1.165, 1.54) is 0 Å². The maximum Gasteiger partial charge on any atom is 0.421 e. The Hall–Kier alpha value is -2.07. The molecule has 1 heterocycles. The maximum absolute atomic E-state index is 12.7. The Labute approximate surface area is 141 Å². The number of amides is 1. The average molecular weight is 366 g/mol. The fraction of sp³-hybridized carbons (Fsp3) is 0.600. The number of hydrogen-bond acceptors (Lipinski definition) is 5. The Bertz CT molecular complexity index is 652. The van der Waals surface area contributed by atoms with E-state index in [1.807, 2.05) is 4.98 Å². The summed E-state index contributed by atoms with van der Waals surface area (Å²) in [6.45, 7) is 4.93. The molecule has 0 bridgehead atoms. The van der Waals surface area contributed by atoms with Crippen LogP contribution in [0.5, 0.6) is 0 Å². The molecule has 1 rings (SSSR count). The third-order valence-electron chi connectivity index (χ3n) is 3.05. The summed E-state index contributed by atoms with van der Waals surface area (Å²) in [5, 5.41) is 22.2. The summed E-state index contributed by atoms with van der Waals surface area (Å²) in [6, 6.07) is 0.480. The molecule has 0 aliphatic carbocycles. The Morgan fingerprint density at radius 3 is 2.44 bits per heavy atom. The van der Waals surface area contributed by atoms with Gasteiger partial charge in [0.05, 0.1) is 6.10 Å². The van der Waals surface area contributed by atoms with Gasteiger partial charge in [-0.05, 0) is 38.8 Å². The van der Waals surface area contributed by atoms with Gasteiger partial charge in [-0.1, -0.05) is 0 Å². The lowest BCUT2D eigenvalue weighted by atomic mass is 10.0. The molecule has 4 N–H and O–H groups in total. The first-order chi connectivity index (χ1) is 11.3. The van der Waals surface area contributed by atoms with Gasteiger partial charge in [-0.25, -0.2) is 4.79 Å². The van der Waals surface area contributed by atoms with Gasteiger partial charge in [-0.15, -0.1) is 0 Å². The predicted octanol–water partition coefficient (Wildman–Crippen LogP) is 1.70. The fourth-order valence-corrected chi connectivity index (χ4v) is 1.90. The molecule has 0 spiro atoms. The number of aliphatic hydroxyl groups excluding tert-OH is 2. The Kier molecular flexibility index (Phi) is 6.61. The molecule has 1 aromatic heterocycles. The molecule has 1 aromatic rings. The zero-order valence-corrected chi connectivity index (χ0v) is 14.0. The molecule has 0 radical (unpaired) electrons. The van der Waals surface area contributed by atoms with Crippen LogP contribution in [-0.2, 0) is 10.9 Å². The minimum atomic E-state index is -4.88. The van der Waals surface area contributed by atoms with Crippen molar-refractivity contribution in [3.05, 3.63) is 33.7 Å². The van der Waals surface area contributed by atoms with E-state index in [0.717, 1.165) is 6.20 Å². The first-order valence-corrected chi connectivity index (χ1v) is 7.44. The van der Waals surface area contributed by atoms with Crippen LogP contribution in [0.25, 0.3) is 0 Å². The average Bonchev–Trinajstić information content (AvgIpc) is 2.43. The van der Waals surface area contributed by atoms with Crippen molar-refractivity contribution < 1.29 is 32.9 Å². The number of carbonyl (C=O) groups excluding carboxylic acids is 1. The summed E-state index contributed by atoms with van der Waals surface area (Å²) in [5.74, 6) is 0. The maximum atomic E-state index is 12.7. The van der Waals surface area contributed by atoms with Gasteiger partial charge in [0.15, 0.2) is 0 Å². The lowest BCUT2D eigenvalue weighted by Gasteiger charge is -2.21. The highest BCUT2D eigenvalue weighted by molar-refractivity contribution is 5.67. The number of carbonyl (C=O) groups is 1. The van der Waals surface area contributed by atoms with E-state index < -0.39 is 41.2 Å². The fourth-order valence-electron chi connectivity index (χ4n) is 1.90. The first-order valence-electron chi connectivity index (χ1n) is 7.44. The Morgan fingerprint density at radius 2 is 1.92 bits per heavy atom. The number of halogens is 3. The normalized spacial score (nSPS) is 14.7. The van der Waals surface area contributed by atoms with Crippen molar-refractivity contribution in [3.8, 4) is 0 Å². The molecule has 0 aliphatic heterocycles. The van der Waals surface area contributed by atoms with Crippen LogP contribution >= 0.6 is 0 Å². The van der Waals surface area contributed by atoms with Crippen molar-refractivity contribution >= 4 is 6.09 Å². The molecule has 0 saturated carbocycles. The van der Waals surface area contributed by atoms with Gasteiger partial charge in [0.25, 0.3) is 5.56 Å². The van der Waals surface area contributed by atoms with E-state index in [1.54, 1.807) is 20.8 Å². The van der Waals surface area contributed by atoms with Crippen molar-refractivity contribution in [2.75, 3.05) is 6.54 Å². The Morgan fingerprint density at radius 1 is 1.32 bits per heavy atom. The number of nitrogens with one attached hydrogen (secondary N) is 2. The molecule has 1 amide bonds. The number of hydrogen-bond donors (Lipinski definition) is 4. The number of pyridine rings is 1. The van der Waals surface area contributed by atoms with Crippen molar-refractivity contribution in [2.45, 2.75) is 51.2 Å². The second kappa shape index (κ2) is 7.87. The number of alkyl carbamates (subject to hydrolysis) is 1. The number of aromatic amines is 1. The summed E-state index contributed by atoms with van der Waals surface area (Å²) in [7, 11) is 0. The molecule has 0 saturated heterocycles. The van der Waals surface area contributed by atoms with E-state index in [0.29, 0.717) is 6.07 Å². The lowest BCUT2D eigenvalue weighted by Crippen LogP contribution is -2.34. The number of rotatable bonds is 5. The number of ether oxygens (including phenoxy) is 1. The molecule has 142 valence electrons. The van der Waals surface area contributed by atoms with Crippen LogP contribution in [-0.4, -0.2) is 39.5 Å². The van der Waals surface area contributed by atoms with Gasteiger partial charge in [-0.2, -0.15) is 13.2 Å². The van der Waals surface area contributed by atoms with E-state index in [9.17, 15) is 33.0 Å². The third kappa shape index (κ3) is 6.75. The zero-order chi connectivity index (χ0) is 19.4. The number of aromatic nitrogens is 1. The SMILES string of the molecule is CC(C)(C)OC(=O)NCCC(O)C(O)c1c[nH]c(=O)c(C(F)(F)F)c1. The van der Waals surface area contributed by atoms with Crippen molar-refractivity contribution in [1.82, 2.24) is 10.3 Å². The molecule has 7 nitrogen and oxygen atoms in total. The van der Waals surface area contributed by atoms with Gasteiger partial charge in [0.2, 0.25) is 0 Å². The van der Waals surface area contributed by atoms with Crippen LogP contribution in [0.1, 0.15) is 44.4 Å². The monoisotopic (exact) mass is 366 g/mol. The minimum absolute atomic E-state index is 0.0668. The second-order valence-electron chi connectivity index (χ2n) is 6.40. The Balaban J connectivity index is 2.67. The van der Waals surface area contributed by atoms with Gasteiger partial charge >= 0.3 is 12.3 Å². The summed E-state index contributed by atoms with van der Waals surface area (Å²) in [5.41, 5.74) is -3.81. The van der Waals surface area contributed by atoms with Crippen molar-refractivity contribution in [2.24, 2.45) is 0 Å². The van der Waals surface area contributed by atoms with Gasteiger partial charge in [0.1, 0.15) is 17.3 Å². The summed E-state index contributed by atoms with van der Waals surface area (Å²) >= 11 is 0. The molecule has 10 heteroatoms. The summed E-state index contributed by atoms with van der Waals surface area (Å²) in [4.78, 5) is 24.5. The van der Waals surface area contributed by atoms with Crippen LogP contribution < -0.4 is 10.9 Å². The van der Waals surface area contributed by atoms with Crippen molar-refractivity contribution in [3.63, 3.8) is 0 Å². The molecule has 2 atom stereocenters. The largest absolute Gasteiger partial charge is 0.444 e. The highest BCUT2D eigenvalue weighted by atomic mass is 19.4. The van der Waals surface area contributed by atoms with E-state index in [4.69, 9.17) is 4.74 Å².